The summed E-state index contributed by atoms with van der Waals surface area (Å²) >= 11 is 3.31. The minimum absolute atomic E-state index is 0.100. The van der Waals surface area contributed by atoms with Crippen molar-refractivity contribution in [3.8, 4) is 5.69 Å². The van der Waals surface area contributed by atoms with Crippen LogP contribution in [0.2, 0.25) is 0 Å². The Balaban J connectivity index is 1.42. The molecular weight excluding hydrogens is 456 g/mol. The first-order chi connectivity index (χ1) is 13.9. The maximum atomic E-state index is 12.8. The number of carbonyl (C=O) groups excluding carboxylic acids is 1. The van der Waals surface area contributed by atoms with E-state index < -0.39 is 10.0 Å². The highest BCUT2D eigenvalue weighted by molar-refractivity contribution is 9.10. The number of aromatic nitrogens is 2. The molecule has 0 radical (unpaired) electrons. The average Bonchev–Trinajstić information content (AvgIpc) is 3.28. The SMILES string of the molecule is O=C(c1ccc(-n2cccn2)cc1)N1CCN(S(=O)(=O)c2cccc(Br)c2)CC1. The molecule has 1 aromatic heterocycles. The van der Waals surface area contributed by atoms with Crippen LogP contribution < -0.4 is 0 Å². The average molecular weight is 475 g/mol. The lowest BCUT2D eigenvalue weighted by Crippen LogP contribution is -2.50. The predicted octanol–water partition coefficient (Wildman–Crippen LogP) is 2.78. The predicted molar refractivity (Wildman–Crippen MR) is 112 cm³/mol. The van der Waals surface area contributed by atoms with E-state index in [-0.39, 0.29) is 23.9 Å². The van der Waals surface area contributed by atoms with E-state index in [1.54, 1.807) is 52.2 Å². The van der Waals surface area contributed by atoms with Crippen LogP contribution in [0.5, 0.6) is 0 Å². The van der Waals surface area contributed by atoms with Crippen molar-refractivity contribution in [1.29, 1.82) is 0 Å². The van der Waals surface area contributed by atoms with Crippen molar-refractivity contribution < 1.29 is 13.2 Å². The Bertz CT molecular complexity index is 1110. The topological polar surface area (TPSA) is 75.5 Å². The van der Waals surface area contributed by atoms with Crippen molar-refractivity contribution in [2.24, 2.45) is 0 Å². The molecule has 1 aliphatic rings. The lowest BCUT2D eigenvalue weighted by molar-refractivity contribution is 0.0698. The molecule has 1 amide bonds. The summed E-state index contributed by atoms with van der Waals surface area (Å²) in [5, 5.41) is 4.17. The Labute approximate surface area is 177 Å². The molecule has 7 nitrogen and oxygen atoms in total. The van der Waals surface area contributed by atoms with Crippen LogP contribution in [-0.2, 0) is 10.0 Å². The summed E-state index contributed by atoms with van der Waals surface area (Å²) in [4.78, 5) is 14.7. The fraction of sp³-hybridized carbons (Fsp3) is 0.200. The molecule has 0 bridgehead atoms. The lowest BCUT2D eigenvalue weighted by Gasteiger charge is -2.34. The first kappa shape index (κ1) is 19.8. The standard InChI is InChI=1S/C20H19BrN4O3S/c21-17-3-1-4-19(15-17)29(27,28)24-13-11-23(12-14-24)20(26)16-5-7-18(8-6-16)25-10-2-9-22-25/h1-10,15H,11-14H2. The van der Waals surface area contributed by atoms with Crippen LogP contribution in [0.25, 0.3) is 5.69 Å². The fourth-order valence-corrected chi connectivity index (χ4v) is 5.29. The minimum atomic E-state index is -3.57. The van der Waals surface area contributed by atoms with Crippen LogP contribution in [0.4, 0.5) is 0 Å². The van der Waals surface area contributed by atoms with Crippen LogP contribution >= 0.6 is 15.9 Å². The van der Waals surface area contributed by atoms with Crippen LogP contribution in [0.1, 0.15) is 10.4 Å². The third-order valence-electron chi connectivity index (χ3n) is 4.84. The lowest BCUT2D eigenvalue weighted by atomic mass is 10.1. The highest BCUT2D eigenvalue weighted by Gasteiger charge is 2.30. The molecule has 0 aliphatic carbocycles. The van der Waals surface area contributed by atoms with Crippen molar-refractivity contribution in [3.05, 3.63) is 77.0 Å². The van der Waals surface area contributed by atoms with E-state index in [4.69, 9.17) is 0 Å². The summed E-state index contributed by atoms with van der Waals surface area (Å²) in [6.45, 7) is 1.25. The number of carbonyl (C=O) groups is 1. The van der Waals surface area contributed by atoms with Crippen LogP contribution in [0.3, 0.4) is 0 Å². The summed E-state index contributed by atoms with van der Waals surface area (Å²) in [6, 6.07) is 15.7. The van der Waals surface area contributed by atoms with Crippen LogP contribution in [-0.4, -0.2) is 59.5 Å². The van der Waals surface area contributed by atoms with Gasteiger partial charge in [0.05, 0.1) is 10.6 Å². The maximum Gasteiger partial charge on any atom is 0.253 e. The summed E-state index contributed by atoms with van der Waals surface area (Å²) in [6.07, 6.45) is 3.53. The first-order valence-corrected chi connectivity index (χ1v) is 11.3. The molecule has 0 N–H and O–H groups in total. The van der Waals surface area contributed by atoms with Gasteiger partial charge in [0.2, 0.25) is 10.0 Å². The largest absolute Gasteiger partial charge is 0.336 e. The molecule has 29 heavy (non-hydrogen) atoms. The van der Waals surface area contributed by atoms with Crippen molar-refractivity contribution in [3.63, 3.8) is 0 Å². The maximum absolute atomic E-state index is 12.8. The van der Waals surface area contributed by atoms with Gasteiger partial charge in [-0.15, -0.1) is 0 Å². The Morgan fingerprint density at radius 3 is 2.31 bits per heavy atom. The van der Waals surface area contributed by atoms with Gasteiger partial charge in [0.1, 0.15) is 0 Å². The summed E-state index contributed by atoms with van der Waals surface area (Å²) < 4.78 is 29.5. The number of halogens is 1. The summed E-state index contributed by atoms with van der Waals surface area (Å²) in [7, 11) is -3.57. The second kappa shape index (κ2) is 8.10. The second-order valence-electron chi connectivity index (χ2n) is 6.65. The molecule has 150 valence electrons. The molecule has 1 fully saturated rings. The second-order valence-corrected chi connectivity index (χ2v) is 9.50. The zero-order valence-corrected chi connectivity index (χ0v) is 17.9. The quantitative estimate of drug-likeness (QED) is 0.582. The summed E-state index contributed by atoms with van der Waals surface area (Å²) in [5.41, 5.74) is 1.45. The van der Waals surface area contributed by atoms with Crippen molar-refractivity contribution in [1.82, 2.24) is 19.0 Å². The van der Waals surface area contributed by atoms with E-state index in [1.807, 2.05) is 24.4 Å². The van der Waals surface area contributed by atoms with Gasteiger partial charge < -0.3 is 4.90 Å². The number of nitrogens with zero attached hydrogens (tertiary/aromatic N) is 4. The third-order valence-corrected chi connectivity index (χ3v) is 7.23. The van der Waals surface area contributed by atoms with Gasteiger partial charge in [0.25, 0.3) is 5.91 Å². The third kappa shape index (κ3) is 4.12. The van der Waals surface area contributed by atoms with Crippen LogP contribution in [0.15, 0.2) is 76.4 Å². The van der Waals surface area contributed by atoms with Crippen molar-refractivity contribution >= 4 is 31.9 Å². The normalized spacial score (nSPS) is 15.4. The molecule has 0 unspecified atom stereocenters. The molecule has 0 spiro atoms. The first-order valence-electron chi connectivity index (χ1n) is 9.10. The van der Waals surface area contributed by atoms with Gasteiger partial charge in [-0.1, -0.05) is 22.0 Å². The highest BCUT2D eigenvalue weighted by Crippen LogP contribution is 2.22. The number of rotatable bonds is 4. The molecule has 4 rings (SSSR count). The summed E-state index contributed by atoms with van der Waals surface area (Å²) in [5.74, 6) is -0.100. The highest BCUT2D eigenvalue weighted by atomic mass is 79.9. The Kier molecular flexibility index (Phi) is 5.53. The Morgan fingerprint density at radius 2 is 1.69 bits per heavy atom. The Hall–Kier alpha value is -2.49. The van der Waals surface area contributed by atoms with Gasteiger partial charge in [-0.2, -0.15) is 9.40 Å². The van der Waals surface area contributed by atoms with E-state index in [2.05, 4.69) is 21.0 Å². The van der Waals surface area contributed by atoms with E-state index in [0.29, 0.717) is 23.1 Å². The number of benzene rings is 2. The van der Waals surface area contributed by atoms with Crippen molar-refractivity contribution in [2.75, 3.05) is 26.2 Å². The van der Waals surface area contributed by atoms with E-state index in [0.717, 1.165) is 5.69 Å². The molecular formula is C20H19BrN4O3S. The number of sulfonamides is 1. The van der Waals surface area contributed by atoms with Gasteiger partial charge in [0.15, 0.2) is 0 Å². The van der Waals surface area contributed by atoms with E-state index >= 15 is 0 Å². The van der Waals surface area contributed by atoms with E-state index in [1.165, 1.54) is 4.31 Å². The minimum Gasteiger partial charge on any atom is -0.336 e. The number of amides is 1. The number of piperazine rings is 1. The molecule has 1 saturated heterocycles. The smallest absolute Gasteiger partial charge is 0.253 e. The molecule has 3 aromatic rings. The molecule has 2 heterocycles. The van der Waals surface area contributed by atoms with Gasteiger partial charge >= 0.3 is 0 Å². The number of hydrogen-bond acceptors (Lipinski definition) is 4. The van der Waals surface area contributed by atoms with Gasteiger partial charge in [0, 0.05) is 48.6 Å². The molecule has 1 aliphatic heterocycles. The van der Waals surface area contributed by atoms with Gasteiger partial charge in [-0.3, -0.25) is 4.79 Å². The van der Waals surface area contributed by atoms with Crippen molar-refractivity contribution in [2.45, 2.75) is 4.90 Å². The van der Waals surface area contributed by atoms with Gasteiger partial charge in [-0.25, -0.2) is 13.1 Å². The van der Waals surface area contributed by atoms with Crippen LogP contribution in [0, 0.1) is 0 Å². The molecule has 0 saturated carbocycles. The number of hydrogen-bond donors (Lipinski definition) is 0. The fourth-order valence-electron chi connectivity index (χ4n) is 3.27. The molecule has 9 heteroatoms. The zero-order valence-electron chi connectivity index (χ0n) is 15.5. The molecule has 2 aromatic carbocycles. The molecule has 0 atom stereocenters. The zero-order chi connectivity index (χ0) is 20.4. The Morgan fingerprint density at radius 1 is 0.966 bits per heavy atom. The van der Waals surface area contributed by atoms with Gasteiger partial charge in [-0.05, 0) is 48.5 Å². The van der Waals surface area contributed by atoms with E-state index in [9.17, 15) is 13.2 Å². The monoisotopic (exact) mass is 474 g/mol.